The van der Waals surface area contributed by atoms with Gasteiger partial charge < -0.3 is 15.3 Å². The van der Waals surface area contributed by atoms with Gasteiger partial charge in [-0.05, 0) is 13.8 Å². The van der Waals surface area contributed by atoms with Crippen molar-refractivity contribution in [1.82, 2.24) is 14.9 Å². The van der Waals surface area contributed by atoms with Gasteiger partial charge in [0.2, 0.25) is 0 Å². The number of aliphatic hydroxyl groups excluding tert-OH is 1. The van der Waals surface area contributed by atoms with E-state index in [9.17, 15) is 4.79 Å². The van der Waals surface area contributed by atoms with Crippen LogP contribution in [0.1, 0.15) is 24.3 Å². The van der Waals surface area contributed by atoms with Crippen molar-refractivity contribution >= 4 is 11.7 Å². The third kappa shape index (κ3) is 3.39. The summed E-state index contributed by atoms with van der Waals surface area (Å²) in [6.45, 7) is 4.02. The molecule has 94 valence electrons. The van der Waals surface area contributed by atoms with Crippen molar-refractivity contribution in [2.24, 2.45) is 0 Å². The topological polar surface area (TPSA) is 78.4 Å². The van der Waals surface area contributed by atoms with E-state index in [1.54, 1.807) is 11.9 Å². The number of amides is 1. The molecule has 1 aromatic rings. The number of aromatic nitrogens is 2. The lowest BCUT2D eigenvalue weighted by Crippen LogP contribution is -2.39. The van der Waals surface area contributed by atoms with Gasteiger partial charge in [-0.3, -0.25) is 4.79 Å². The van der Waals surface area contributed by atoms with Crippen LogP contribution in [0.15, 0.2) is 12.4 Å². The summed E-state index contributed by atoms with van der Waals surface area (Å²) in [6, 6.07) is 0.0143. The Bertz CT molecular complexity index is 364. The highest BCUT2D eigenvalue weighted by Crippen LogP contribution is 2.06. The number of hydrogen-bond acceptors (Lipinski definition) is 5. The molecule has 1 amide bonds. The van der Waals surface area contributed by atoms with Crippen molar-refractivity contribution in [3.63, 3.8) is 0 Å². The van der Waals surface area contributed by atoms with E-state index >= 15 is 0 Å². The summed E-state index contributed by atoms with van der Waals surface area (Å²) in [5.74, 6) is 0.393. The summed E-state index contributed by atoms with van der Waals surface area (Å²) in [5, 5.41) is 11.8. The zero-order chi connectivity index (χ0) is 12.8. The molecule has 0 aliphatic heterocycles. The lowest BCUT2D eigenvalue weighted by molar-refractivity contribution is 0.0659. The van der Waals surface area contributed by atoms with Crippen LogP contribution in [0.5, 0.6) is 0 Å². The molecule has 0 bridgehead atoms. The van der Waals surface area contributed by atoms with Crippen LogP contribution in [0.4, 0.5) is 5.82 Å². The Hall–Kier alpha value is -1.69. The third-order valence-corrected chi connectivity index (χ3v) is 2.35. The minimum atomic E-state index is -0.218. The van der Waals surface area contributed by atoms with Gasteiger partial charge in [-0.2, -0.15) is 0 Å². The van der Waals surface area contributed by atoms with E-state index < -0.39 is 0 Å². The largest absolute Gasteiger partial charge is 0.395 e. The fourth-order valence-electron chi connectivity index (χ4n) is 1.42. The molecule has 0 spiro atoms. The molecule has 0 aromatic carbocycles. The van der Waals surface area contributed by atoms with Crippen molar-refractivity contribution < 1.29 is 9.90 Å². The normalized spacial score (nSPS) is 10.4. The van der Waals surface area contributed by atoms with Crippen molar-refractivity contribution in [2.75, 3.05) is 25.5 Å². The molecule has 0 saturated carbocycles. The molecule has 2 N–H and O–H groups in total. The van der Waals surface area contributed by atoms with E-state index in [4.69, 9.17) is 5.11 Å². The van der Waals surface area contributed by atoms with Crippen molar-refractivity contribution in [1.29, 1.82) is 0 Å². The first-order chi connectivity index (χ1) is 8.10. The van der Waals surface area contributed by atoms with Crippen LogP contribution in [0.3, 0.4) is 0 Å². The second-order valence-electron chi connectivity index (χ2n) is 3.85. The maximum atomic E-state index is 12.1. The first-order valence-electron chi connectivity index (χ1n) is 5.51. The first kappa shape index (κ1) is 13.4. The molecule has 6 nitrogen and oxygen atoms in total. The molecule has 17 heavy (non-hydrogen) atoms. The molecule has 6 heteroatoms. The van der Waals surface area contributed by atoms with Crippen LogP contribution < -0.4 is 5.32 Å². The lowest BCUT2D eigenvalue weighted by Gasteiger charge is -2.25. The van der Waals surface area contributed by atoms with Crippen LogP contribution in [0, 0.1) is 0 Å². The summed E-state index contributed by atoms with van der Waals surface area (Å²) < 4.78 is 0. The van der Waals surface area contributed by atoms with E-state index in [1.165, 1.54) is 12.4 Å². The zero-order valence-electron chi connectivity index (χ0n) is 10.3. The SMILES string of the molecule is CNc1cnc(C(=O)N(CCO)C(C)C)cn1. The number of nitrogens with zero attached hydrogens (tertiary/aromatic N) is 3. The molecule has 0 atom stereocenters. The maximum Gasteiger partial charge on any atom is 0.274 e. The fourth-order valence-corrected chi connectivity index (χ4v) is 1.42. The molecular weight excluding hydrogens is 220 g/mol. The van der Waals surface area contributed by atoms with E-state index in [0.29, 0.717) is 12.4 Å². The smallest absolute Gasteiger partial charge is 0.274 e. The number of anilines is 1. The molecular formula is C11H18N4O2. The molecule has 0 radical (unpaired) electrons. The van der Waals surface area contributed by atoms with Gasteiger partial charge in [0.05, 0.1) is 19.0 Å². The Morgan fingerprint density at radius 3 is 2.59 bits per heavy atom. The van der Waals surface area contributed by atoms with Crippen molar-refractivity contribution in [2.45, 2.75) is 19.9 Å². The van der Waals surface area contributed by atoms with Gasteiger partial charge in [-0.25, -0.2) is 9.97 Å². The van der Waals surface area contributed by atoms with Gasteiger partial charge in [0, 0.05) is 19.6 Å². The van der Waals surface area contributed by atoms with Crippen LogP contribution in [-0.2, 0) is 0 Å². The van der Waals surface area contributed by atoms with Gasteiger partial charge in [-0.15, -0.1) is 0 Å². The van der Waals surface area contributed by atoms with Crippen LogP contribution in [0.2, 0.25) is 0 Å². The van der Waals surface area contributed by atoms with Gasteiger partial charge in [0.15, 0.2) is 0 Å². The number of carbonyl (C=O) groups is 1. The van der Waals surface area contributed by atoms with E-state index in [2.05, 4.69) is 15.3 Å². The van der Waals surface area contributed by atoms with Crippen LogP contribution >= 0.6 is 0 Å². The summed E-state index contributed by atoms with van der Waals surface area (Å²) >= 11 is 0. The number of carbonyl (C=O) groups excluding carboxylic acids is 1. The summed E-state index contributed by atoms with van der Waals surface area (Å²) in [7, 11) is 1.73. The van der Waals surface area contributed by atoms with Gasteiger partial charge in [0.1, 0.15) is 11.5 Å². The lowest BCUT2D eigenvalue weighted by atomic mass is 10.2. The predicted octanol–water partition coefficient (Wildman–Crippen LogP) is 0.361. The number of nitrogens with one attached hydrogen (secondary N) is 1. The highest BCUT2D eigenvalue weighted by Gasteiger charge is 2.19. The Balaban J connectivity index is 2.85. The third-order valence-electron chi connectivity index (χ3n) is 2.35. The van der Waals surface area contributed by atoms with E-state index in [-0.39, 0.29) is 24.2 Å². The van der Waals surface area contributed by atoms with Crippen molar-refractivity contribution in [3.05, 3.63) is 18.1 Å². The first-order valence-corrected chi connectivity index (χ1v) is 5.51. The Morgan fingerprint density at radius 2 is 2.18 bits per heavy atom. The Labute approximate surface area is 101 Å². The van der Waals surface area contributed by atoms with E-state index in [0.717, 1.165) is 0 Å². The summed E-state index contributed by atoms with van der Waals surface area (Å²) in [5.41, 5.74) is 0.283. The molecule has 0 aliphatic rings. The van der Waals surface area contributed by atoms with E-state index in [1.807, 2.05) is 13.8 Å². The molecule has 0 unspecified atom stereocenters. The standard InChI is InChI=1S/C11H18N4O2/c1-8(2)15(4-5-16)11(17)9-6-14-10(12-3)7-13-9/h6-8,16H,4-5H2,1-3H3,(H,12,14). The average molecular weight is 238 g/mol. The molecule has 1 heterocycles. The highest BCUT2D eigenvalue weighted by molar-refractivity contribution is 5.92. The van der Waals surface area contributed by atoms with Gasteiger partial charge in [0.25, 0.3) is 5.91 Å². The van der Waals surface area contributed by atoms with Crippen molar-refractivity contribution in [3.8, 4) is 0 Å². The molecule has 1 aromatic heterocycles. The van der Waals surface area contributed by atoms with Gasteiger partial charge >= 0.3 is 0 Å². The maximum absolute atomic E-state index is 12.1. The second-order valence-corrected chi connectivity index (χ2v) is 3.85. The monoisotopic (exact) mass is 238 g/mol. The van der Waals surface area contributed by atoms with Gasteiger partial charge in [-0.1, -0.05) is 0 Å². The highest BCUT2D eigenvalue weighted by atomic mass is 16.3. The zero-order valence-corrected chi connectivity index (χ0v) is 10.3. The molecule has 0 aliphatic carbocycles. The minimum Gasteiger partial charge on any atom is -0.395 e. The Kier molecular flexibility index (Phi) is 4.84. The quantitative estimate of drug-likeness (QED) is 0.774. The minimum absolute atomic E-state index is 0.0143. The number of hydrogen-bond donors (Lipinski definition) is 2. The molecule has 1 rings (SSSR count). The fraction of sp³-hybridized carbons (Fsp3) is 0.545. The molecule has 0 fully saturated rings. The Morgan fingerprint density at radius 1 is 1.47 bits per heavy atom. The summed E-state index contributed by atoms with van der Waals surface area (Å²) in [4.78, 5) is 21.7. The van der Waals surface area contributed by atoms with Crippen LogP contribution in [-0.4, -0.2) is 52.1 Å². The van der Waals surface area contributed by atoms with Crippen LogP contribution in [0.25, 0.3) is 0 Å². The molecule has 0 saturated heterocycles. The number of aliphatic hydroxyl groups is 1. The average Bonchev–Trinajstić information content (AvgIpc) is 2.35. The predicted molar refractivity (Wildman–Crippen MR) is 64.8 cm³/mol. The second kappa shape index (κ2) is 6.15. The summed E-state index contributed by atoms with van der Waals surface area (Å²) in [6.07, 6.45) is 2.94. The number of rotatable bonds is 5.